The van der Waals surface area contributed by atoms with Gasteiger partial charge in [-0.3, -0.25) is 9.36 Å². The summed E-state index contributed by atoms with van der Waals surface area (Å²) in [6.45, 7) is 0.802. The van der Waals surface area contributed by atoms with E-state index in [9.17, 15) is 4.79 Å². The monoisotopic (exact) mass is 369 g/mol. The first kappa shape index (κ1) is 16.4. The maximum atomic E-state index is 13.3. The molecule has 1 saturated heterocycles. The largest absolute Gasteiger partial charge is 0.329 e. The molecule has 1 aromatic carbocycles. The normalized spacial score (nSPS) is 17.2. The molecule has 1 amide bonds. The summed E-state index contributed by atoms with van der Waals surface area (Å²) in [7, 11) is 0. The van der Waals surface area contributed by atoms with Crippen molar-refractivity contribution >= 4 is 29.0 Å². The molecule has 3 aromatic rings. The van der Waals surface area contributed by atoms with Gasteiger partial charge in [0.1, 0.15) is 5.69 Å². The summed E-state index contributed by atoms with van der Waals surface area (Å²) >= 11 is 3.28. The van der Waals surface area contributed by atoms with Gasteiger partial charge in [0, 0.05) is 17.1 Å². The Morgan fingerprint density at radius 1 is 1.24 bits per heavy atom. The first-order valence-electron chi connectivity index (χ1n) is 8.31. The van der Waals surface area contributed by atoms with Gasteiger partial charge in [-0.1, -0.05) is 36.0 Å². The van der Waals surface area contributed by atoms with Gasteiger partial charge in [0.05, 0.1) is 12.2 Å². The Morgan fingerprint density at radius 2 is 2.08 bits per heavy atom. The topological polar surface area (TPSA) is 38.1 Å². The zero-order valence-electron chi connectivity index (χ0n) is 14.0. The molecule has 2 aromatic heterocycles. The highest BCUT2D eigenvalue weighted by atomic mass is 32.2. The van der Waals surface area contributed by atoms with Crippen LogP contribution < -0.4 is 0 Å². The lowest BCUT2D eigenvalue weighted by Crippen LogP contribution is -2.31. The van der Waals surface area contributed by atoms with Crippen LogP contribution >= 0.6 is 23.1 Å². The molecule has 3 heterocycles. The summed E-state index contributed by atoms with van der Waals surface area (Å²) in [5.74, 6) is 0.0625. The smallest absolute Gasteiger partial charge is 0.273 e. The van der Waals surface area contributed by atoms with E-state index in [-0.39, 0.29) is 11.9 Å². The number of para-hydroxylation sites is 1. The molecule has 0 spiro atoms. The van der Waals surface area contributed by atoms with Crippen molar-refractivity contribution in [3.63, 3.8) is 0 Å². The third-order valence-electron chi connectivity index (χ3n) is 4.53. The van der Waals surface area contributed by atoms with Gasteiger partial charge in [0.15, 0.2) is 5.16 Å². The Balaban J connectivity index is 1.72. The van der Waals surface area contributed by atoms with E-state index in [2.05, 4.69) is 22.5 Å². The minimum absolute atomic E-state index is 0.0625. The van der Waals surface area contributed by atoms with Crippen LogP contribution in [0.5, 0.6) is 0 Å². The van der Waals surface area contributed by atoms with E-state index in [1.54, 1.807) is 29.3 Å². The summed E-state index contributed by atoms with van der Waals surface area (Å²) < 4.78 is 1.97. The Hall–Kier alpha value is -2.05. The highest BCUT2D eigenvalue weighted by Gasteiger charge is 2.33. The van der Waals surface area contributed by atoms with E-state index >= 15 is 0 Å². The average molecular weight is 370 g/mol. The van der Waals surface area contributed by atoms with Crippen molar-refractivity contribution in [1.82, 2.24) is 14.5 Å². The number of imidazole rings is 1. The van der Waals surface area contributed by atoms with E-state index in [0.717, 1.165) is 30.2 Å². The summed E-state index contributed by atoms with van der Waals surface area (Å²) in [4.78, 5) is 21.1. The maximum absolute atomic E-state index is 13.3. The lowest BCUT2D eigenvalue weighted by atomic mass is 10.2. The fourth-order valence-corrected chi connectivity index (χ4v) is 4.81. The van der Waals surface area contributed by atoms with Crippen molar-refractivity contribution in [2.75, 3.05) is 12.8 Å². The predicted octanol–water partition coefficient (Wildman–Crippen LogP) is 4.63. The molecule has 4 rings (SSSR count). The van der Waals surface area contributed by atoms with E-state index in [0.29, 0.717) is 5.69 Å². The van der Waals surface area contributed by atoms with Crippen molar-refractivity contribution in [2.24, 2.45) is 0 Å². The molecular formula is C19H19N3OS2. The fraction of sp³-hybridized carbons (Fsp3) is 0.263. The molecule has 0 radical (unpaired) electrons. The molecule has 0 saturated carbocycles. The third kappa shape index (κ3) is 3.00. The van der Waals surface area contributed by atoms with Crippen LogP contribution in [0.1, 0.15) is 34.2 Å². The molecule has 1 atom stereocenters. The van der Waals surface area contributed by atoms with Gasteiger partial charge in [-0.05, 0) is 42.7 Å². The molecule has 25 heavy (non-hydrogen) atoms. The molecule has 1 aliphatic rings. The van der Waals surface area contributed by atoms with Crippen LogP contribution in [0, 0.1) is 0 Å². The van der Waals surface area contributed by atoms with Crippen LogP contribution in [0.15, 0.2) is 59.2 Å². The second-order valence-corrected chi connectivity index (χ2v) is 7.73. The lowest BCUT2D eigenvalue weighted by molar-refractivity contribution is 0.0729. The van der Waals surface area contributed by atoms with Crippen LogP contribution in [-0.2, 0) is 0 Å². The molecule has 0 bridgehead atoms. The number of aromatic nitrogens is 2. The van der Waals surface area contributed by atoms with Gasteiger partial charge < -0.3 is 4.90 Å². The van der Waals surface area contributed by atoms with Gasteiger partial charge in [0.25, 0.3) is 5.91 Å². The van der Waals surface area contributed by atoms with Gasteiger partial charge in [0.2, 0.25) is 0 Å². The SMILES string of the molecule is CSc1ncc(C(=O)N2CCC[C@@H]2c2cccs2)n1-c1ccccc1. The van der Waals surface area contributed by atoms with Crippen LogP contribution in [0.2, 0.25) is 0 Å². The van der Waals surface area contributed by atoms with Crippen molar-refractivity contribution in [3.8, 4) is 5.69 Å². The zero-order valence-corrected chi connectivity index (χ0v) is 15.6. The van der Waals surface area contributed by atoms with Crippen LogP contribution in [0.3, 0.4) is 0 Å². The fourth-order valence-electron chi connectivity index (χ4n) is 3.39. The molecule has 128 valence electrons. The first-order valence-corrected chi connectivity index (χ1v) is 10.4. The predicted molar refractivity (Wildman–Crippen MR) is 103 cm³/mol. The van der Waals surface area contributed by atoms with Crippen molar-refractivity contribution in [1.29, 1.82) is 0 Å². The molecule has 4 nitrogen and oxygen atoms in total. The number of rotatable bonds is 4. The van der Waals surface area contributed by atoms with E-state index in [4.69, 9.17) is 0 Å². The molecule has 6 heteroatoms. The maximum Gasteiger partial charge on any atom is 0.273 e. The Bertz CT molecular complexity index is 858. The van der Waals surface area contributed by atoms with Gasteiger partial charge >= 0.3 is 0 Å². The quantitative estimate of drug-likeness (QED) is 0.629. The van der Waals surface area contributed by atoms with Crippen LogP contribution in [0.25, 0.3) is 5.69 Å². The minimum Gasteiger partial charge on any atom is -0.329 e. The van der Waals surface area contributed by atoms with Crippen LogP contribution in [-0.4, -0.2) is 33.2 Å². The minimum atomic E-state index is 0.0625. The number of amides is 1. The number of nitrogens with zero attached hydrogens (tertiary/aromatic N) is 3. The number of hydrogen-bond acceptors (Lipinski definition) is 4. The first-order chi connectivity index (χ1) is 12.3. The van der Waals surface area contributed by atoms with Crippen LogP contribution in [0.4, 0.5) is 0 Å². The number of thiophene rings is 1. The standard InChI is InChI=1S/C19H19N3OS2/c1-24-19-20-13-16(22(19)14-7-3-2-4-8-14)18(23)21-11-5-9-15(21)17-10-6-12-25-17/h2-4,6-8,10,12-13,15H,5,9,11H2,1H3/t15-/m1/s1. The second-order valence-electron chi connectivity index (χ2n) is 5.97. The summed E-state index contributed by atoms with van der Waals surface area (Å²) in [5, 5.41) is 2.91. The molecule has 0 N–H and O–H groups in total. The van der Waals surface area contributed by atoms with Gasteiger partial charge in [-0.2, -0.15) is 0 Å². The molecule has 1 aliphatic heterocycles. The average Bonchev–Trinajstić information content (AvgIpc) is 3.41. The van der Waals surface area contributed by atoms with E-state index < -0.39 is 0 Å². The van der Waals surface area contributed by atoms with Crippen molar-refractivity contribution < 1.29 is 4.79 Å². The Morgan fingerprint density at radius 3 is 2.80 bits per heavy atom. The number of likely N-dealkylation sites (tertiary alicyclic amines) is 1. The molecule has 1 fully saturated rings. The zero-order chi connectivity index (χ0) is 17.2. The molecular weight excluding hydrogens is 350 g/mol. The number of benzene rings is 1. The van der Waals surface area contributed by atoms with E-state index in [1.807, 2.05) is 46.1 Å². The van der Waals surface area contributed by atoms with Crippen molar-refractivity contribution in [2.45, 2.75) is 24.0 Å². The highest BCUT2D eigenvalue weighted by Crippen LogP contribution is 2.36. The molecule has 0 unspecified atom stereocenters. The van der Waals surface area contributed by atoms with Gasteiger partial charge in [-0.25, -0.2) is 4.98 Å². The molecule has 0 aliphatic carbocycles. The second kappa shape index (κ2) is 7.06. The summed E-state index contributed by atoms with van der Waals surface area (Å²) in [6.07, 6.45) is 5.77. The number of carbonyl (C=O) groups excluding carboxylic acids is 1. The third-order valence-corrected chi connectivity index (χ3v) is 6.16. The van der Waals surface area contributed by atoms with Gasteiger partial charge in [-0.15, -0.1) is 11.3 Å². The number of hydrogen-bond donors (Lipinski definition) is 0. The Kier molecular flexibility index (Phi) is 4.63. The number of thioether (sulfide) groups is 1. The Labute approximate surface area is 155 Å². The number of carbonyl (C=O) groups is 1. The van der Waals surface area contributed by atoms with Crippen molar-refractivity contribution in [3.05, 3.63) is 64.6 Å². The summed E-state index contributed by atoms with van der Waals surface area (Å²) in [6, 6.07) is 14.3. The van der Waals surface area contributed by atoms with E-state index in [1.165, 1.54) is 4.88 Å². The lowest BCUT2D eigenvalue weighted by Gasteiger charge is -2.24. The highest BCUT2D eigenvalue weighted by molar-refractivity contribution is 7.98. The summed E-state index contributed by atoms with van der Waals surface area (Å²) in [5.41, 5.74) is 1.61.